The van der Waals surface area contributed by atoms with Crippen molar-refractivity contribution in [3.8, 4) is 28.4 Å². The molecule has 188 valence electrons. The van der Waals surface area contributed by atoms with E-state index in [0.717, 1.165) is 16.7 Å². The Kier molecular flexibility index (Phi) is 7.80. The van der Waals surface area contributed by atoms with Crippen molar-refractivity contribution in [2.45, 2.75) is 13.0 Å². The number of nitrogens with one attached hydrogen (secondary N) is 1. The molecular formula is C29H27N3O5. The van der Waals surface area contributed by atoms with E-state index < -0.39 is 5.97 Å². The summed E-state index contributed by atoms with van der Waals surface area (Å²) < 4.78 is 16.1. The van der Waals surface area contributed by atoms with Crippen LogP contribution in [0.1, 0.15) is 39.2 Å². The van der Waals surface area contributed by atoms with Crippen molar-refractivity contribution in [1.29, 1.82) is 0 Å². The van der Waals surface area contributed by atoms with E-state index in [2.05, 4.69) is 10.3 Å². The maximum atomic E-state index is 13.0. The third kappa shape index (κ3) is 6.12. The fourth-order valence-electron chi connectivity index (χ4n) is 3.80. The van der Waals surface area contributed by atoms with Gasteiger partial charge < -0.3 is 25.3 Å². The standard InChI is InChI=1S/C29H27N3O5/c1-18(30)26-8-7-20(28(33)32-22-9-11-31-12-10-22)14-27(26)19-5-4-6-21(13-19)29(34)37-25-16-23(35-2)15-24(17-25)36-3/h4-18H,30H2,1-3H3,(H,31,32,33). The summed E-state index contributed by atoms with van der Waals surface area (Å²) in [5.74, 6) is 0.466. The zero-order valence-electron chi connectivity index (χ0n) is 20.7. The normalized spacial score (nSPS) is 11.4. The quantitative estimate of drug-likeness (QED) is 0.252. The van der Waals surface area contributed by atoms with Gasteiger partial charge in [-0.25, -0.2) is 4.79 Å². The first-order valence-electron chi connectivity index (χ1n) is 11.5. The number of nitrogens with two attached hydrogens (primary N) is 1. The Hall–Kier alpha value is -4.69. The van der Waals surface area contributed by atoms with Crippen LogP contribution in [-0.2, 0) is 0 Å². The molecule has 0 aliphatic heterocycles. The van der Waals surface area contributed by atoms with Crippen LogP contribution in [0.2, 0.25) is 0 Å². The van der Waals surface area contributed by atoms with Gasteiger partial charge in [0.25, 0.3) is 5.91 Å². The number of methoxy groups -OCH3 is 2. The van der Waals surface area contributed by atoms with Crippen molar-refractivity contribution in [3.63, 3.8) is 0 Å². The molecule has 3 aromatic carbocycles. The summed E-state index contributed by atoms with van der Waals surface area (Å²) in [4.78, 5) is 29.9. The maximum absolute atomic E-state index is 13.0. The average molecular weight is 498 g/mol. The molecule has 8 nitrogen and oxygen atoms in total. The molecule has 1 amide bonds. The molecule has 0 aliphatic carbocycles. The van der Waals surface area contributed by atoms with Gasteiger partial charge in [-0.05, 0) is 60.0 Å². The van der Waals surface area contributed by atoms with E-state index in [-0.39, 0.29) is 17.7 Å². The molecule has 4 rings (SSSR count). The average Bonchev–Trinajstić information content (AvgIpc) is 2.93. The van der Waals surface area contributed by atoms with E-state index in [1.807, 2.05) is 19.1 Å². The first kappa shape index (κ1) is 25.4. The number of anilines is 1. The number of hydrogen-bond acceptors (Lipinski definition) is 7. The van der Waals surface area contributed by atoms with Gasteiger partial charge >= 0.3 is 5.97 Å². The Balaban J connectivity index is 1.64. The van der Waals surface area contributed by atoms with Crippen LogP contribution in [0.15, 0.2) is 85.2 Å². The second kappa shape index (κ2) is 11.4. The number of rotatable bonds is 8. The summed E-state index contributed by atoms with van der Waals surface area (Å²) in [6.45, 7) is 1.86. The largest absolute Gasteiger partial charge is 0.496 e. The van der Waals surface area contributed by atoms with E-state index in [1.165, 1.54) is 14.2 Å². The minimum Gasteiger partial charge on any atom is -0.496 e. The second-order valence-corrected chi connectivity index (χ2v) is 8.30. The molecule has 0 fully saturated rings. The lowest BCUT2D eigenvalue weighted by atomic mass is 9.92. The number of carbonyl (C=O) groups is 2. The van der Waals surface area contributed by atoms with E-state index in [9.17, 15) is 9.59 Å². The van der Waals surface area contributed by atoms with Gasteiger partial charge in [0.15, 0.2) is 0 Å². The van der Waals surface area contributed by atoms with Crippen LogP contribution < -0.4 is 25.3 Å². The van der Waals surface area contributed by atoms with Crippen LogP contribution in [0.4, 0.5) is 5.69 Å². The molecule has 0 radical (unpaired) electrons. The predicted octanol–water partition coefficient (Wildman–Crippen LogP) is 5.26. The summed E-state index contributed by atoms with van der Waals surface area (Å²) in [6.07, 6.45) is 3.21. The highest BCUT2D eigenvalue weighted by atomic mass is 16.5. The van der Waals surface area contributed by atoms with Gasteiger partial charge in [0, 0.05) is 47.9 Å². The smallest absolute Gasteiger partial charge is 0.343 e. The fraction of sp³-hybridized carbons (Fsp3) is 0.138. The van der Waals surface area contributed by atoms with Crippen molar-refractivity contribution >= 4 is 17.6 Å². The fourth-order valence-corrected chi connectivity index (χ4v) is 3.80. The highest BCUT2D eigenvalue weighted by Gasteiger charge is 2.17. The van der Waals surface area contributed by atoms with Gasteiger partial charge in [0.2, 0.25) is 0 Å². The van der Waals surface area contributed by atoms with Crippen molar-refractivity contribution in [2.24, 2.45) is 5.73 Å². The molecule has 0 saturated heterocycles. The summed E-state index contributed by atoms with van der Waals surface area (Å²) in [7, 11) is 3.04. The van der Waals surface area contributed by atoms with Gasteiger partial charge in [0.05, 0.1) is 19.8 Å². The zero-order valence-corrected chi connectivity index (χ0v) is 20.7. The SMILES string of the molecule is COc1cc(OC)cc(OC(=O)c2cccc(-c3cc(C(=O)Nc4ccncc4)ccc3C(C)N)c2)c1. The summed E-state index contributed by atoms with van der Waals surface area (Å²) in [6, 6.07) is 20.3. The lowest BCUT2D eigenvalue weighted by Crippen LogP contribution is -2.14. The monoisotopic (exact) mass is 497 g/mol. The van der Waals surface area contributed by atoms with Gasteiger partial charge in [-0.15, -0.1) is 0 Å². The number of benzene rings is 3. The van der Waals surface area contributed by atoms with Crippen LogP contribution in [-0.4, -0.2) is 31.1 Å². The lowest BCUT2D eigenvalue weighted by Gasteiger charge is -2.16. The number of nitrogens with zero attached hydrogens (tertiary/aromatic N) is 1. The van der Waals surface area contributed by atoms with Crippen LogP contribution >= 0.6 is 0 Å². The highest BCUT2D eigenvalue weighted by Crippen LogP contribution is 2.31. The predicted molar refractivity (Wildman–Crippen MR) is 141 cm³/mol. The number of ether oxygens (including phenoxy) is 3. The molecule has 0 aliphatic rings. The van der Waals surface area contributed by atoms with E-state index in [1.54, 1.807) is 73.1 Å². The van der Waals surface area contributed by atoms with Crippen LogP contribution in [0, 0.1) is 0 Å². The van der Waals surface area contributed by atoms with Crippen molar-refractivity contribution in [2.75, 3.05) is 19.5 Å². The lowest BCUT2D eigenvalue weighted by molar-refractivity contribution is 0.0734. The van der Waals surface area contributed by atoms with Crippen LogP contribution in [0.3, 0.4) is 0 Å². The minimum absolute atomic E-state index is 0.272. The van der Waals surface area contributed by atoms with Gasteiger partial charge in [-0.3, -0.25) is 9.78 Å². The molecule has 37 heavy (non-hydrogen) atoms. The number of carbonyl (C=O) groups excluding carboxylic acids is 2. The number of aromatic nitrogens is 1. The Labute approximate surface area is 215 Å². The molecule has 0 spiro atoms. The Morgan fingerprint density at radius 1 is 0.838 bits per heavy atom. The first-order valence-corrected chi connectivity index (χ1v) is 11.5. The van der Waals surface area contributed by atoms with E-state index in [4.69, 9.17) is 19.9 Å². The molecule has 8 heteroatoms. The molecule has 1 atom stereocenters. The summed E-state index contributed by atoms with van der Waals surface area (Å²) in [5, 5.41) is 2.86. The van der Waals surface area contributed by atoms with Crippen molar-refractivity contribution in [1.82, 2.24) is 4.98 Å². The molecule has 1 unspecified atom stereocenters. The third-order valence-corrected chi connectivity index (χ3v) is 5.69. The molecule has 4 aromatic rings. The molecule has 0 saturated carbocycles. The van der Waals surface area contributed by atoms with E-state index in [0.29, 0.717) is 28.3 Å². The third-order valence-electron chi connectivity index (χ3n) is 5.69. The topological polar surface area (TPSA) is 113 Å². The number of pyridine rings is 1. The Morgan fingerprint density at radius 3 is 2.16 bits per heavy atom. The summed E-state index contributed by atoms with van der Waals surface area (Å²) >= 11 is 0. The Morgan fingerprint density at radius 2 is 1.51 bits per heavy atom. The van der Waals surface area contributed by atoms with Gasteiger partial charge in [-0.1, -0.05) is 18.2 Å². The maximum Gasteiger partial charge on any atom is 0.343 e. The number of esters is 1. The molecule has 3 N–H and O–H groups in total. The van der Waals surface area contributed by atoms with Crippen molar-refractivity contribution in [3.05, 3.63) is 102 Å². The van der Waals surface area contributed by atoms with Gasteiger partial charge in [0.1, 0.15) is 17.2 Å². The Bertz CT molecular complexity index is 1400. The molecule has 0 bridgehead atoms. The minimum atomic E-state index is -0.550. The molecule has 1 aromatic heterocycles. The first-order chi connectivity index (χ1) is 17.9. The molecular weight excluding hydrogens is 470 g/mol. The molecule has 1 heterocycles. The number of hydrogen-bond donors (Lipinski definition) is 2. The van der Waals surface area contributed by atoms with Crippen molar-refractivity contribution < 1.29 is 23.8 Å². The summed E-state index contributed by atoms with van der Waals surface area (Å²) in [5.41, 5.74) is 9.96. The number of amides is 1. The van der Waals surface area contributed by atoms with E-state index >= 15 is 0 Å². The zero-order chi connectivity index (χ0) is 26.4. The van der Waals surface area contributed by atoms with Crippen LogP contribution in [0.25, 0.3) is 11.1 Å². The van der Waals surface area contributed by atoms with Gasteiger partial charge in [-0.2, -0.15) is 0 Å². The highest BCUT2D eigenvalue weighted by molar-refractivity contribution is 6.05. The second-order valence-electron chi connectivity index (χ2n) is 8.30. The van der Waals surface area contributed by atoms with Crippen LogP contribution in [0.5, 0.6) is 17.2 Å².